The van der Waals surface area contributed by atoms with Crippen LogP contribution in [0.2, 0.25) is 0 Å². The Kier molecular flexibility index (Phi) is 6.50. The third-order valence-corrected chi connectivity index (χ3v) is 6.64. The van der Waals surface area contributed by atoms with Crippen LogP contribution >= 0.6 is 0 Å². The molecular formula is C35H26N4. The van der Waals surface area contributed by atoms with Crippen LogP contribution in [0, 0.1) is 0 Å². The summed E-state index contributed by atoms with van der Waals surface area (Å²) in [7, 11) is 0. The van der Waals surface area contributed by atoms with Gasteiger partial charge in [0.25, 0.3) is 0 Å². The molecule has 186 valence electrons. The topological polar surface area (TPSA) is 43.6 Å². The second-order valence-corrected chi connectivity index (χ2v) is 9.05. The van der Waals surface area contributed by atoms with Crippen LogP contribution < -0.4 is 0 Å². The van der Waals surface area contributed by atoms with Gasteiger partial charge < -0.3 is 0 Å². The number of hydrogen-bond acceptors (Lipinski definition) is 3. The average molecular weight is 503 g/mol. The van der Waals surface area contributed by atoms with Crippen molar-refractivity contribution >= 4 is 32.8 Å². The zero-order valence-corrected chi connectivity index (χ0v) is 21.4. The highest BCUT2D eigenvalue weighted by Gasteiger charge is 2.16. The zero-order chi connectivity index (χ0) is 26.6. The lowest BCUT2D eigenvalue weighted by atomic mass is 9.97. The molecule has 7 rings (SSSR count). The molecule has 3 heterocycles. The monoisotopic (exact) mass is 502 g/mol. The summed E-state index contributed by atoms with van der Waals surface area (Å²) in [5, 5.41) is 2.16. The highest BCUT2D eigenvalue weighted by Crippen LogP contribution is 2.36. The average Bonchev–Trinajstić information content (AvgIpc) is 3.40. The van der Waals surface area contributed by atoms with E-state index in [9.17, 15) is 0 Å². The van der Waals surface area contributed by atoms with Crippen LogP contribution in [0.4, 0.5) is 0 Å². The molecule has 0 aliphatic heterocycles. The normalized spacial score (nSPS) is 10.8. The fraction of sp³-hybridized carbons (Fsp3) is 0. The molecule has 0 N–H and O–H groups in total. The molecule has 0 aliphatic carbocycles. The number of para-hydroxylation sites is 1. The van der Waals surface area contributed by atoms with Gasteiger partial charge in [-0.3, -0.25) is 14.5 Å². The third-order valence-electron chi connectivity index (χ3n) is 6.64. The standard InChI is InChI=1S/C31H20N4.C4H6/c1-3-9-21(10-4-1)31-34-27-20-22(15-16-28(27)35(31)24-12-5-2-6-13-24)26-19-23-11-7-17-32-29(23)30-25(26)14-8-18-33-30;1-3-4-2/h1-20H;3-4H,1-2H2. The minimum absolute atomic E-state index is 0.917. The first-order chi connectivity index (χ1) is 19.3. The maximum absolute atomic E-state index is 5.12. The molecule has 0 radical (unpaired) electrons. The Balaban J connectivity index is 0.000000650. The second-order valence-electron chi connectivity index (χ2n) is 9.05. The molecular weight excluding hydrogens is 476 g/mol. The van der Waals surface area contributed by atoms with E-state index in [1.807, 2.05) is 36.7 Å². The highest BCUT2D eigenvalue weighted by atomic mass is 15.1. The van der Waals surface area contributed by atoms with Crippen LogP contribution in [0.25, 0.3) is 61.0 Å². The Labute approximate surface area is 227 Å². The van der Waals surface area contributed by atoms with Gasteiger partial charge in [-0.05, 0) is 53.6 Å². The molecule has 0 amide bonds. The van der Waals surface area contributed by atoms with E-state index in [2.05, 4.69) is 113 Å². The molecule has 0 saturated heterocycles. The van der Waals surface area contributed by atoms with Crippen molar-refractivity contribution in [1.82, 2.24) is 19.5 Å². The van der Waals surface area contributed by atoms with E-state index in [1.54, 1.807) is 12.2 Å². The van der Waals surface area contributed by atoms with Gasteiger partial charge in [-0.15, -0.1) is 0 Å². The molecule has 0 spiro atoms. The number of pyridine rings is 2. The molecule has 0 unspecified atom stereocenters. The molecule has 0 bridgehead atoms. The highest BCUT2D eigenvalue weighted by molar-refractivity contribution is 6.10. The van der Waals surface area contributed by atoms with Crippen molar-refractivity contribution in [3.8, 4) is 28.2 Å². The van der Waals surface area contributed by atoms with Crippen LogP contribution in [0.3, 0.4) is 0 Å². The number of nitrogens with zero attached hydrogens (tertiary/aromatic N) is 4. The summed E-state index contributed by atoms with van der Waals surface area (Å²) in [5.74, 6) is 0.929. The van der Waals surface area contributed by atoms with Gasteiger partial charge in [0.2, 0.25) is 0 Å². The van der Waals surface area contributed by atoms with Crippen LogP contribution in [0.15, 0.2) is 147 Å². The van der Waals surface area contributed by atoms with Crippen molar-refractivity contribution in [2.24, 2.45) is 0 Å². The first kappa shape index (κ1) is 24.0. The van der Waals surface area contributed by atoms with E-state index in [0.29, 0.717) is 0 Å². The fourth-order valence-corrected chi connectivity index (χ4v) is 4.88. The maximum Gasteiger partial charge on any atom is 0.145 e. The molecule has 4 heteroatoms. The maximum atomic E-state index is 5.12. The van der Waals surface area contributed by atoms with Gasteiger partial charge >= 0.3 is 0 Å². The summed E-state index contributed by atoms with van der Waals surface area (Å²) < 4.78 is 2.23. The van der Waals surface area contributed by atoms with E-state index in [0.717, 1.165) is 61.0 Å². The number of hydrogen-bond donors (Lipinski definition) is 0. The Morgan fingerprint density at radius 3 is 2.05 bits per heavy atom. The molecule has 4 nitrogen and oxygen atoms in total. The summed E-state index contributed by atoms with van der Waals surface area (Å²) in [6.45, 7) is 6.72. The van der Waals surface area contributed by atoms with Crippen LogP contribution in [0.1, 0.15) is 0 Å². The summed E-state index contributed by atoms with van der Waals surface area (Å²) in [6.07, 6.45) is 6.93. The third kappa shape index (κ3) is 4.49. The van der Waals surface area contributed by atoms with Crippen molar-refractivity contribution in [2.75, 3.05) is 0 Å². The van der Waals surface area contributed by atoms with Crippen LogP contribution in [0.5, 0.6) is 0 Å². The Morgan fingerprint density at radius 2 is 1.31 bits per heavy atom. The van der Waals surface area contributed by atoms with Crippen molar-refractivity contribution in [3.63, 3.8) is 0 Å². The summed E-state index contributed by atoms with van der Waals surface area (Å²) >= 11 is 0. The van der Waals surface area contributed by atoms with E-state index in [-0.39, 0.29) is 0 Å². The predicted molar refractivity (Wildman–Crippen MR) is 163 cm³/mol. The van der Waals surface area contributed by atoms with Gasteiger partial charge in [0.1, 0.15) is 5.82 Å². The first-order valence-corrected chi connectivity index (χ1v) is 12.8. The molecule has 3 aromatic heterocycles. The van der Waals surface area contributed by atoms with Gasteiger partial charge in [-0.2, -0.15) is 0 Å². The number of benzene rings is 4. The summed E-state index contributed by atoms with van der Waals surface area (Å²) in [6, 6.07) is 37.7. The molecule has 4 aromatic carbocycles. The van der Waals surface area contributed by atoms with Crippen LogP contribution in [-0.4, -0.2) is 19.5 Å². The number of imidazole rings is 1. The number of fused-ring (bicyclic) bond motifs is 4. The van der Waals surface area contributed by atoms with Gasteiger partial charge in [-0.25, -0.2) is 4.98 Å². The predicted octanol–water partition coefficient (Wildman–Crippen LogP) is 8.81. The van der Waals surface area contributed by atoms with Gasteiger partial charge in [-0.1, -0.05) is 92.0 Å². The molecule has 39 heavy (non-hydrogen) atoms. The molecule has 0 saturated carbocycles. The number of allylic oxidation sites excluding steroid dienone is 2. The SMILES string of the molecule is C=CC=C.c1ccc(-c2nc3cc(-c4cc5cccnc5c5ncccc45)ccc3n2-c2ccccc2)cc1. The number of rotatable bonds is 4. The molecule has 0 fully saturated rings. The van der Waals surface area contributed by atoms with E-state index in [1.165, 1.54) is 0 Å². The fourth-order valence-electron chi connectivity index (χ4n) is 4.88. The van der Waals surface area contributed by atoms with Crippen molar-refractivity contribution < 1.29 is 0 Å². The lowest BCUT2D eigenvalue weighted by Gasteiger charge is -2.11. The largest absolute Gasteiger partial charge is 0.292 e. The van der Waals surface area contributed by atoms with Crippen molar-refractivity contribution in [1.29, 1.82) is 0 Å². The van der Waals surface area contributed by atoms with Gasteiger partial charge in [0.15, 0.2) is 0 Å². The second kappa shape index (κ2) is 10.6. The van der Waals surface area contributed by atoms with Crippen molar-refractivity contribution in [2.45, 2.75) is 0 Å². The minimum Gasteiger partial charge on any atom is -0.292 e. The first-order valence-electron chi connectivity index (χ1n) is 12.8. The number of aromatic nitrogens is 4. The Bertz CT molecular complexity index is 1930. The lowest BCUT2D eigenvalue weighted by molar-refractivity contribution is 1.10. The quantitative estimate of drug-likeness (QED) is 0.178. The smallest absolute Gasteiger partial charge is 0.145 e. The van der Waals surface area contributed by atoms with E-state index in [4.69, 9.17) is 4.98 Å². The molecule has 0 aliphatic rings. The molecule has 0 atom stereocenters. The summed E-state index contributed by atoms with van der Waals surface area (Å²) in [5.41, 5.74) is 8.28. The molecule has 7 aromatic rings. The Morgan fingerprint density at radius 1 is 0.615 bits per heavy atom. The zero-order valence-electron chi connectivity index (χ0n) is 21.4. The van der Waals surface area contributed by atoms with Gasteiger partial charge in [0, 0.05) is 34.4 Å². The minimum atomic E-state index is 0.917. The van der Waals surface area contributed by atoms with E-state index >= 15 is 0 Å². The lowest BCUT2D eigenvalue weighted by Crippen LogP contribution is -1.97. The van der Waals surface area contributed by atoms with Gasteiger partial charge in [0.05, 0.1) is 22.1 Å². The summed E-state index contributed by atoms with van der Waals surface area (Å²) in [4.78, 5) is 14.4. The van der Waals surface area contributed by atoms with Crippen molar-refractivity contribution in [3.05, 3.63) is 147 Å². The Hall–Kier alpha value is -5.35. The van der Waals surface area contributed by atoms with E-state index < -0.39 is 0 Å². The van der Waals surface area contributed by atoms with Crippen LogP contribution in [-0.2, 0) is 0 Å².